The zero-order chi connectivity index (χ0) is 26.3. The average molecular weight is 523 g/mol. The summed E-state index contributed by atoms with van der Waals surface area (Å²) in [7, 11) is 0. The molecule has 1 aliphatic heterocycles. The van der Waals surface area contributed by atoms with Crippen LogP contribution in [0.15, 0.2) is 124 Å². The Morgan fingerprint density at radius 3 is 2.36 bits per heavy atom. The number of nitriles is 1. The fourth-order valence-electron chi connectivity index (χ4n) is 4.82. The number of thiazole rings is 1. The minimum absolute atomic E-state index is 0.133. The highest BCUT2D eigenvalue weighted by Crippen LogP contribution is 2.27. The van der Waals surface area contributed by atoms with Gasteiger partial charge in [-0.1, -0.05) is 60.7 Å². The number of rotatable bonds is 3. The Balaban J connectivity index is 1.46. The van der Waals surface area contributed by atoms with Crippen LogP contribution in [0.2, 0.25) is 0 Å². The first-order valence-electron chi connectivity index (χ1n) is 12.2. The number of nitrogens with zero attached hydrogens (tertiary/aromatic N) is 6. The van der Waals surface area contributed by atoms with Gasteiger partial charge in [-0.15, -0.1) is 21.5 Å². The zero-order valence-electron chi connectivity index (χ0n) is 20.4. The number of fused-ring (bicyclic) bond motifs is 4. The van der Waals surface area contributed by atoms with Gasteiger partial charge >= 0.3 is 0 Å². The summed E-state index contributed by atoms with van der Waals surface area (Å²) in [5.74, 6) is 0.471. The van der Waals surface area contributed by atoms with Crippen molar-refractivity contribution < 1.29 is 0 Å². The van der Waals surface area contributed by atoms with Crippen LogP contribution in [0.3, 0.4) is 0 Å². The maximum atomic E-state index is 13.5. The smallest absolute Gasteiger partial charge is 0.266 e. The van der Waals surface area contributed by atoms with Crippen molar-refractivity contribution in [3.05, 3.63) is 141 Å². The molecule has 0 saturated carbocycles. The summed E-state index contributed by atoms with van der Waals surface area (Å²) in [6.45, 7) is 0. The molecule has 0 aliphatic carbocycles. The van der Waals surface area contributed by atoms with E-state index in [1.165, 1.54) is 11.3 Å². The summed E-state index contributed by atoms with van der Waals surface area (Å²) >= 11 is 1.46. The van der Waals surface area contributed by atoms with Gasteiger partial charge in [-0.2, -0.15) is 5.26 Å². The second-order valence-electron chi connectivity index (χ2n) is 8.92. The molecule has 0 saturated heterocycles. The van der Waals surface area contributed by atoms with E-state index in [4.69, 9.17) is 15.2 Å². The van der Waals surface area contributed by atoms with Crippen molar-refractivity contribution in [2.45, 2.75) is 0 Å². The molecule has 2 aromatic heterocycles. The summed E-state index contributed by atoms with van der Waals surface area (Å²) in [5.41, 5.74) is 6.00. The lowest BCUT2D eigenvalue weighted by atomic mass is 10.1. The number of benzene rings is 4. The van der Waals surface area contributed by atoms with Crippen molar-refractivity contribution in [2.75, 3.05) is 0 Å². The molecular formula is C31H18N6OS. The average Bonchev–Trinajstić information content (AvgIpc) is 3.56. The molecule has 0 bridgehead atoms. The lowest BCUT2D eigenvalue weighted by Crippen LogP contribution is -2.21. The van der Waals surface area contributed by atoms with Crippen LogP contribution >= 0.6 is 11.3 Å². The molecule has 0 amide bonds. The Labute approximate surface area is 226 Å². The molecule has 7 nitrogen and oxygen atoms in total. The second-order valence-corrected chi connectivity index (χ2v) is 9.76. The lowest BCUT2D eigenvalue weighted by Gasteiger charge is -2.09. The fourth-order valence-corrected chi connectivity index (χ4v) is 5.68. The molecule has 0 atom stereocenters. The molecule has 8 heteroatoms. The van der Waals surface area contributed by atoms with Gasteiger partial charge in [0.15, 0.2) is 5.82 Å². The normalized spacial score (nSPS) is 13.4. The van der Waals surface area contributed by atoms with Crippen LogP contribution in [0.5, 0.6) is 0 Å². The van der Waals surface area contributed by atoms with Crippen molar-refractivity contribution in [1.82, 2.24) is 14.1 Å². The monoisotopic (exact) mass is 522 g/mol. The third-order valence-electron chi connectivity index (χ3n) is 6.66. The van der Waals surface area contributed by atoms with E-state index in [1.807, 2.05) is 94.9 Å². The highest BCUT2D eigenvalue weighted by Gasteiger charge is 2.28. The van der Waals surface area contributed by atoms with Gasteiger partial charge in [-0.05, 0) is 48.0 Å². The first kappa shape index (κ1) is 22.8. The van der Waals surface area contributed by atoms with Gasteiger partial charge in [-0.25, -0.2) is 4.98 Å². The van der Waals surface area contributed by atoms with Crippen LogP contribution in [0, 0.1) is 11.3 Å². The minimum atomic E-state index is -0.133. The van der Waals surface area contributed by atoms with Crippen molar-refractivity contribution in [3.63, 3.8) is 0 Å². The van der Waals surface area contributed by atoms with Crippen molar-refractivity contribution in [1.29, 1.82) is 5.26 Å². The van der Waals surface area contributed by atoms with E-state index in [2.05, 4.69) is 6.07 Å². The van der Waals surface area contributed by atoms with Crippen molar-refractivity contribution in [2.24, 2.45) is 10.2 Å². The molecule has 184 valence electrons. The fraction of sp³-hybridized carbons (Fsp3) is 0. The second kappa shape index (κ2) is 9.17. The number of hydrogen-bond donors (Lipinski definition) is 0. The Morgan fingerprint density at radius 2 is 1.54 bits per heavy atom. The maximum absolute atomic E-state index is 13.5. The Bertz CT molecular complexity index is 2090. The SMILES string of the molecule is N#Cc1ccc(-c2cs/c(=N/N=C3/c4ccccc4-n4c3nc3ccccc3c4=O)n2-c2ccccc2)cc1. The summed E-state index contributed by atoms with van der Waals surface area (Å²) < 4.78 is 3.66. The van der Waals surface area contributed by atoms with Gasteiger partial charge in [0.1, 0.15) is 5.71 Å². The van der Waals surface area contributed by atoms with E-state index in [9.17, 15) is 10.1 Å². The topological polar surface area (TPSA) is 88.3 Å². The first-order chi connectivity index (χ1) is 19.2. The predicted octanol–water partition coefficient (Wildman–Crippen LogP) is 5.44. The molecule has 7 rings (SSSR count). The molecule has 4 aromatic carbocycles. The summed E-state index contributed by atoms with van der Waals surface area (Å²) in [4.78, 5) is 18.9. The zero-order valence-corrected chi connectivity index (χ0v) is 21.2. The van der Waals surface area contributed by atoms with Crippen LogP contribution in [0.1, 0.15) is 17.0 Å². The minimum Gasteiger partial charge on any atom is -0.284 e. The molecule has 6 aromatic rings. The van der Waals surface area contributed by atoms with Crippen LogP contribution < -0.4 is 10.4 Å². The van der Waals surface area contributed by atoms with Crippen molar-refractivity contribution >= 4 is 28.0 Å². The van der Waals surface area contributed by atoms with E-state index >= 15 is 0 Å². The van der Waals surface area contributed by atoms with Gasteiger partial charge in [0, 0.05) is 16.6 Å². The number of aromatic nitrogens is 3. The third-order valence-corrected chi connectivity index (χ3v) is 7.47. The van der Waals surface area contributed by atoms with Gasteiger partial charge in [0.2, 0.25) is 4.80 Å². The Kier molecular flexibility index (Phi) is 5.36. The third kappa shape index (κ3) is 3.72. The van der Waals surface area contributed by atoms with Gasteiger partial charge in [-0.3, -0.25) is 13.9 Å². The van der Waals surface area contributed by atoms with Crippen LogP contribution in [-0.4, -0.2) is 19.8 Å². The molecule has 0 radical (unpaired) electrons. The molecule has 0 N–H and O–H groups in total. The van der Waals surface area contributed by atoms with Gasteiger partial charge in [0.25, 0.3) is 5.56 Å². The molecule has 0 fully saturated rings. The summed E-state index contributed by atoms with van der Waals surface area (Å²) in [5, 5.41) is 21.2. The van der Waals surface area contributed by atoms with Crippen LogP contribution in [-0.2, 0) is 0 Å². The number of hydrogen-bond acceptors (Lipinski definition) is 6. The van der Waals surface area contributed by atoms with E-state index in [-0.39, 0.29) is 5.56 Å². The largest absolute Gasteiger partial charge is 0.284 e. The molecule has 1 aliphatic rings. The van der Waals surface area contributed by atoms with E-state index in [0.29, 0.717) is 32.8 Å². The highest BCUT2D eigenvalue weighted by molar-refractivity contribution is 7.07. The maximum Gasteiger partial charge on any atom is 0.266 e. The quantitative estimate of drug-likeness (QED) is 0.289. The van der Waals surface area contributed by atoms with Gasteiger partial charge < -0.3 is 0 Å². The van der Waals surface area contributed by atoms with Crippen LogP contribution in [0.25, 0.3) is 33.5 Å². The van der Waals surface area contributed by atoms with Gasteiger partial charge in [0.05, 0.1) is 33.9 Å². The lowest BCUT2D eigenvalue weighted by molar-refractivity contribution is 0.954. The molecule has 0 unspecified atom stereocenters. The predicted molar refractivity (Wildman–Crippen MR) is 152 cm³/mol. The molecular weight excluding hydrogens is 504 g/mol. The molecule has 0 spiro atoms. The molecule has 3 heterocycles. The van der Waals surface area contributed by atoms with Crippen molar-refractivity contribution in [3.8, 4) is 28.7 Å². The number of para-hydroxylation sites is 3. The first-order valence-corrected chi connectivity index (χ1v) is 13.1. The summed E-state index contributed by atoms with van der Waals surface area (Å²) in [6, 6.07) is 34.6. The van der Waals surface area contributed by atoms with E-state index in [0.717, 1.165) is 28.2 Å². The van der Waals surface area contributed by atoms with E-state index < -0.39 is 0 Å². The Morgan fingerprint density at radius 1 is 0.795 bits per heavy atom. The van der Waals surface area contributed by atoms with Crippen LogP contribution in [0.4, 0.5) is 0 Å². The Hall–Kier alpha value is -5.39. The highest BCUT2D eigenvalue weighted by atomic mass is 32.1. The molecule has 39 heavy (non-hydrogen) atoms. The summed E-state index contributed by atoms with van der Waals surface area (Å²) in [6.07, 6.45) is 0. The van der Waals surface area contributed by atoms with E-state index in [1.54, 1.807) is 22.8 Å². The standard InChI is InChI=1S/C31H18N6OS/c32-18-20-14-16-21(17-15-20)27-19-39-31(36(27)22-8-2-1-3-9-22)35-34-28-24-11-5-7-13-26(24)37-29(28)33-25-12-6-4-10-23(25)30(37)38/h1-17,19H/b34-28-,35-31+.